The first-order chi connectivity index (χ1) is 12.8. The number of alkyl halides is 3. The number of nitrogens with two attached hydrogens (primary N) is 1. The van der Waals surface area contributed by atoms with Gasteiger partial charge in [-0.1, -0.05) is 0 Å². The van der Waals surface area contributed by atoms with Crippen LogP contribution in [0.2, 0.25) is 0 Å². The monoisotopic (exact) mass is 401 g/mol. The Bertz CT molecular complexity index is 721. The first kappa shape index (κ1) is 21.8. The van der Waals surface area contributed by atoms with E-state index in [9.17, 15) is 22.8 Å². The Balaban J connectivity index is 1.90. The number of nitrogen functional groups attached to an aromatic ring is 1. The van der Waals surface area contributed by atoms with Crippen LogP contribution < -0.4 is 11.1 Å². The zero-order valence-electron chi connectivity index (χ0n) is 16.2. The molecule has 0 atom stereocenters. The van der Waals surface area contributed by atoms with Gasteiger partial charge in [0.1, 0.15) is 5.60 Å². The van der Waals surface area contributed by atoms with Crippen molar-refractivity contribution in [3.63, 3.8) is 0 Å². The van der Waals surface area contributed by atoms with Gasteiger partial charge < -0.3 is 20.7 Å². The van der Waals surface area contributed by atoms with Gasteiger partial charge in [0.05, 0.1) is 5.56 Å². The minimum atomic E-state index is -4.56. The Labute approximate surface area is 162 Å². The van der Waals surface area contributed by atoms with Crippen LogP contribution in [-0.2, 0) is 10.9 Å². The summed E-state index contributed by atoms with van der Waals surface area (Å²) in [6.45, 7) is 6.55. The molecule has 0 bridgehead atoms. The zero-order valence-corrected chi connectivity index (χ0v) is 16.2. The van der Waals surface area contributed by atoms with Crippen LogP contribution in [0.15, 0.2) is 18.2 Å². The number of benzene rings is 1. The summed E-state index contributed by atoms with van der Waals surface area (Å²) in [6.07, 6.45) is -3.79. The summed E-state index contributed by atoms with van der Waals surface area (Å²) in [5, 5.41) is 2.71. The van der Waals surface area contributed by atoms with E-state index >= 15 is 0 Å². The Hall–Kier alpha value is -2.45. The Morgan fingerprint density at radius 3 is 2.32 bits per heavy atom. The second-order valence-corrected chi connectivity index (χ2v) is 7.96. The number of carbonyl (C=O) groups is 2. The van der Waals surface area contributed by atoms with Crippen molar-refractivity contribution in [3.8, 4) is 0 Å². The van der Waals surface area contributed by atoms with Gasteiger partial charge in [0, 0.05) is 30.9 Å². The summed E-state index contributed by atoms with van der Waals surface area (Å²) in [4.78, 5) is 25.8. The Morgan fingerprint density at radius 2 is 1.79 bits per heavy atom. The molecule has 1 aliphatic heterocycles. The number of amides is 2. The Morgan fingerprint density at radius 1 is 1.18 bits per heavy atom. The molecule has 2 rings (SSSR count). The average Bonchev–Trinajstić information content (AvgIpc) is 2.57. The summed E-state index contributed by atoms with van der Waals surface area (Å²) >= 11 is 0. The minimum absolute atomic E-state index is 0.0716. The molecular formula is C19H26F3N3O3. The van der Waals surface area contributed by atoms with Crippen LogP contribution in [0.3, 0.4) is 0 Å². The third kappa shape index (κ3) is 6.31. The van der Waals surface area contributed by atoms with Gasteiger partial charge in [0.25, 0.3) is 5.91 Å². The summed E-state index contributed by atoms with van der Waals surface area (Å²) in [5.74, 6) is -0.306. The predicted molar refractivity (Wildman–Crippen MR) is 98.7 cm³/mol. The van der Waals surface area contributed by atoms with E-state index < -0.39 is 29.3 Å². The summed E-state index contributed by atoms with van der Waals surface area (Å²) < 4.78 is 44.0. The first-order valence-electron chi connectivity index (χ1n) is 9.09. The molecule has 1 fully saturated rings. The molecule has 1 aliphatic rings. The van der Waals surface area contributed by atoms with Crippen LogP contribution in [0, 0.1) is 5.92 Å². The molecule has 0 aromatic heterocycles. The van der Waals surface area contributed by atoms with E-state index in [0.717, 1.165) is 12.1 Å². The predicted octanol–water partition coefficient (Wildman–Crippen LogP) is 3.66. The fraction of sp³-hybridized carbons (Fsp3) is 0.579. The van der Waals surface area contributed by atoms with Crippen molar-refractivity contribution in [1.82, 2.24) is 10.2 Å². The fourth-order valence-corrected chi connectivity index (χ4v) is 3.00. The largest absolute Gasteiger partial charge is 0.444 e. The van der Waals surface area contributed by atoms with Gasteiger partial charge in [-0.2, -0.15) is 13.2 Å². The van der Waals surface area contributed by atoms with Crippen molar-refractivity contribution in [2.24, 2.45) is 5.92 Å². The lowest BCUT2D eigenvalue weighted by Gasteiger charge is -2.32. The lowest BCUT2D eigenvalue weighted by atomic mass is 9.96. The number of rotatable bonds is 3. The highest BCUT2D eigenvalue weighted by Crippen LogP contribution is 2.32. The first-order valence-corrected chi connectivity index (χ1v) is 9.09. The number of hydrogen-bond donors (Lipinski definition) is 2. The molecule has 1 saturated heterocycles. The molecule has 0 spiro atoms. The van der Waals surface area contributed by atoms with Gasteiger partial charge in [-0.3, -0.25) is 4.79 Å². The molecule has 1 aromatic carbocycles. The van der Waals surface area contributed by atoms with Gasteiger partial charge >= 0.3 is 12.3 Å². The molecule has 156 valence electrons. The number of anilines is 1. The molecule has 9 heteroatoms. The average molecular weight is 401 g/mol. The van der Waals surface area contributed by atoms with Crippen molar-refractivity contribution < 1.29 is 27.5 Å². The molecule has 0 radical (unpaired) electrons. The van der Waals surface area contributed by atoms with Gasteiger partial charge in [-0.25, -0.2) is 4.79 Å². The summed E-state index contributed by atoms with van der Waals surface area (Å²) in [6, 6.07) is 2.90. The molecule has 2 amide bonds. The number of alkyl carbamates (subject to hydrolysis) is 1. The quantitative estimate of drug-likeness (QED) is 0.757. The highest BCUT2D eigenvalue weighted by atomic mass is 19.4. The van der Waals surface area contributed by atoms with Crippen LogP contribution in [-0.4, -0.2) is 42.1 Å². The maximum Gasteiger partial charge on any atom is 0.416 e. The van der Waals surface area contributed by atoms with Gasteiger partial charge in [-0.05, 0) is 57.7 Å². The molecule has 6 nitrogen and oxygen atoms in total. The fourth-order valence-electron chi connectivity index (χ4n) is 3.00. The van der Waals surface area contributed by atoms with Gasteiger partial charge in [0.15, 0.2) is 0 Å². The third-order valence-electron chi connectivity index (χ3n) is 4.37. The lowest BCUT2D eigenvalue weighted by Crippen LogP contribution is -2.42. The maximum atomic E-state index is 12.9. The number of hydrogen-bond acceptors (Lipinski definition) is 4. The number of likely N-dealkylation sites (tertiary alicyclic amines) is 1. The smallest absolute Gasteiger partial charge is 0.416 e. The topological polar surface area (TPSA) is 84.7 Å². The molecule has 28 heavy (non-hydrogen) atoms. The lowest BCUT2D eigenvalue weighted by molar-refractivity contribution is -0.137. The third-order valence-corrected chi connectivity index (χ3v) is 4.37. The second kappa shape index (κ2) is 8.28. The number of halogens is 3. The van der Waals surface area contributed by atoms with Gasteiger partial charge in [0.2, 0.25) is 0 Å². The zero-order chi connectivity index (χ0) is 21.1. The minimum Gasteiger partial charge on any atom is -0.444 e. The molecule has 0 aliphatic carbocycles. The van der Waals surface area contributed by atoms with Crippen LogP contribution in [0.4, 0.5) is 23.7 Å². The van der Waals surface area contributed by atoms with E-state index in [4.69, 9.17) is 10.5 Å². The van der Waals surface area contributed by atoms with E-state index in [1.807, 2.05) is 0 Å². The van der Waals surface area contributed by atoms with E-state index in [2.05, 4.69) is 5.32 Å². The van der Waals surface area contributed by atoms with Crippen LogP contribution in [0.25, 0.3) is 0 Å². The second-order valence-electron chi connectivity index (χ2n) is 7.96. The van der Waals surface area contributed by atoms with Crippen molar-refractivity contribution >= 4 is 17.7 Å². The van der Waals surface area contributed by atoms with Gasteiger partial charge in [-0.15, -0.1) is 0 Å². The number of nitrogens with one attached hydrogen (secondary N) is 1. The normalized spacial score (nSPS) is 16.0. The number of piperidine rings is 1. The molecule has 3 N–H and O–H groups in total. The molecule has 0 unspecified atom stereocenters. The van der Waals surface area contributed by atoms with Crippen LogP contribution in [0.1, 0.15) is 49.5 Å². The number of ether oxygens (including phenoxy) is 1. The highest BCUT2D eigenvalue weighted by Gasteiger charge is 2.32. The molecule has 1 heterocycles. The molecule has 1 aromatic rings. The summed E-state index contributed by atoms with van der Waals surface area (Å²) in [7, 11) is 0. The van der Waals surface area contributed by atoms with Crippen molar-refractivity contribution in [2.45, 2.75) is 45.4 Å². The number of nitrogens with zero attached hydrogens (tertiary/aromatic N) is 1. The molecular weight excluding hydrogens is 375 g/mol. The van der Waals surface area contributed by atoms with E-state index in [-0.39, 0.29) is 17.2 Å². The van der Waals surface area contributed by atoms with Crippen LogP contribution in [0.5, 0.6) is 0 Å². The van der Waals surface area contributed by atoms with Crippen molar-refractivity contribution in [1.29, 1.82) is 0 Å². The van der Waals surface area contributed by atoms with E-state index in [0.29, 0.717) is 32.5 Å². The Kier molecular flexibility index (Phi) is 6.46. The number of carbonyl (C=O) groups excluding carboxylic acids is 2. The van der Waals surface area contributed by atoms with Crippen molar-refractivity contribution in [2.75, 3.05) is 25.4 Å². The van der Waals surface area contributed by atoms with E-state index in [1.165, 1.54) is 11.0 Å². The SMILES string of the molecule is CC(C)(C)OC(=O)NCC1CCN(C(=O)c2cc(N)cc(C(F)(F)F)c2)CC1. The van der Waals surface area contributed by atoms with Crippen molar-refractivity contribution in [3.05, 3.63) is 29.3 Å². The maximum absolute atomic E-state index is 12.9. The van der Waals surface area contributed by atoms with E-state index in [1.54, 1.807) is 20.8 Å². The standard InChI is InChI=1S/C19H26F3N3O3/c1-18(2,3)28-17(27)24-11-12-4-6-25(7-5-12)16(26)13-8-14(19(20,21)22)10-15(23)9-13/h8-10,12H,4-7,11,23H2,1-3H3,(H,24,27). The van der Waals surface area contributed by atoms with Crippen LogP contribution >= 0.6 is 0 Å². The molecule has 0 saturated carbocycles. The highest BCUT2D eigenvalue weighted by molar-refractivity contribution is 5.95. The summed E-state index contributed by atoms with van der Waals surface area (Å²) in [5.41, 5.74) is 3.85.